The van der Waals surface area contributed by atoms with Gasteiger partial charge in [-0.3, -0.25) is 0 Å². The smallest absolute Gasteiger partial charge is 0.0546 e. The zero-order chi connectivity index (χ0) is 12.1. The second kappa shape index (κ2) is 6.18. The molecule has 1 aliphatic rings. The Morgan fingerprint density at radius 3 is 2.59 bits per heavy atom. The van der Waals surface area contributed by atoms with Crippen molar-refractivity contribution >= 4 is 0 Å². The van der Waals surface area contributed by atoms with Crippen LogP contribution >= 0.6 is 0 Å². The zero-order valence-electron chi connectivity index (χ0n) is 10.9. The first kappa shape index (κ1) is 12.6. The maximum Gasteiger partial charge on any atom is 0.0546 e. The van der Waals surface area contributed by atoms with Crippen LogP contribution in [0.4, 0.5) is 0 Å². The topological polar surface area (TPSA) is 21.3 Å². The Morgan fingerprint density at radius 1 is 1.29 bits per heavy atom. The summed E-state index contributed by atoms with van der Waals surface area (Å²) in [6.45, 7) is 6.84. The lowest BCUT2D eigenvalue weighted by Gasteiger charge is -2.18. The molecule has 94 valence electrons. The van der Waals surface area contributed by atoms with Gasteiger partial charge in [-0.2, -0.15) is 0 Å². The molecular weight excluding hydrogens is 210 g/mol. The fourth-order valence-electron chi connectivity index (χ4n) is 1.97. The number of aryl methyl sites for hydroxylation is 1. The number of hydrogen-bond donors (Lipinski definition) is 1. The summed E-state index contributed by atoms with van der Waals surface area (Å²) in [6, 6.07) is 9.60. The van der Waals surface area contributed by atoms with Gasteiger partial charge in [-0.25, -0.2) is 0 Å². The molecule has 1 aliphatic carbocycles. The molecular formula is C15H23NO. The van der Waals surface area contributed by atoms with E-state index in [-0.39, 0.29) is 0 Å². The third-order valence-electron chi connectivity index (χ3n) is 3.30. The van der Waals surface area contributed by atoms with Crippen molar-refractivity contribution in [1.82, 2.24) is 5.32 Å². The van der Waals surface area contributed by atoms with E-state index < -0.39 is 0 Å². The van der Waals surface area contributed by atoms with Crippen molar-refractivity contribution in [2.45, 2.75) is 38.6 Å². The second-order valence-electron chi connectivity index (χ2n) is 4.95. The van der Waals surface area contributed by atoms with Crippen molar-refractivity contribution in [3.05, 3.63) is 35.4 Å². The molecule has 2 nitrogen and oxygen atoms in total. The molecule has 2 heteroatoms. The van der Waals surface area contributed by atoms with Crippen LogP contribution in [0.2, 0.25) is 0 Å². The van der Waals surface area contributed by atoms with Crippen LogP contribution in [0.15, 0.2) is 24.3 Å². The van der Waals surface area contributed by atoms with E-state index in [4.69, 9.17) is 4.74 Å². The minimum Gasteiger partial charge on any atom is -0.381 e. The summed E-state index contributed by atoms with van der Waals surface area (Å²) in [5.74, 6) is 0.483. The van der Waals surface area contributed by atoms with Crippen molar-refractivity contribution in [1.29, 1.82) is 0 Å². The number of hydrogen-bond acceptors (Lipinski definition) is 2. The van der Waals surface area contributed by atoms with Gasteiger partial charge >= 0.3 is 0 Å². The molecule has 1 aromatic carbocycles. The Hall–Kier alpha value is -0.860. The molecule has 1 fully saturated rings. The Balaban J connectivity index is 1.93. The van der Waals surface area contributed by atoms with Gasteiger partial charge in [0.2, 0.25) is 0 Å². The lowest BCUT2D eigenvalue weighted by Crippen LogP contribution is -2.26. The average Bonchev–Trinajstić information content (AvgIpc) is 3.15. The number of nitrogens with one attached hydrogen (secondary N) is 1. The Kier molecular flexibility index (Phi) is 4.57. The lowest BCUT2D eigenvalue weighted by molar-refractivity contribution is 0.131. The van der Waals surface area contributed by atoms with Gasteiger partial charge in [-0.1, -0.05) is 29.8 Å². The van der Waals surface area contributed by atoms with Crippen LogP contribution in [-0.2, 0) is 4.74 Å². The predicted molar refractivity (Wildman–Crippen MR) is 71.4 cm³/mol. The summed E-state index contributed by atoms with van der Waals surface area (Å²) < 4.78 is 5.59. The monoisotopic (exact) mass is 233 g/mol. The first-order valence-electron chi connectivity index (χ1n) is 6.67. The molecule has 17 heavy (non-hydrogen) atoms. The third-order valence-corrected chi connectivity index (χ3v) is 3.30. The minimum atomic E-state index is 0.483. The van der Waals surface area contributed by atoms with Crippen molar-refractivity contribution in [3.63, 3.8) is 0 Å². The molecule has 1 N–H and O–H groups in total. The molecule has 0 aliphatic heterocycles. The SMILES string of the molecule is CCOCC(CNC1CC1)c1ccc(C)cc1. The van der Waals surface area contributed by atoms with Gasteiger partial charge < -0.3 is 10.1 Å². The van der Waals surface area contributed by atoms with Crippen LogP contribution in [0.3, 0.4) is 0 Å². The van der Waals surface area contributed by atoms with Crippen LogP contribution in [0.1, 0.15) is 36.8 Å². The molecule has 1 atom stereocenters. The zero-order valence-corrected chi connectivity index (χ0v) is 10.9. The van der Waals surface area contributed by atoms with E-state index in [2.05, 4.69) is 43.4 Å². The summed E-state index contributed by atoms with van der Waals surface area (Å²) >= 11 is 0. The van der Waals surface area contributed by atoms with Gasteiger partial charge in [0.05, 0.1) is 6.61 Å². The van der Waals surface area contributed by atoms with Gasteiger partial charge in [-0.15, -0.1) is 0 Å². The predicted octanol–water partition coefficient (Wildman–Crippen LogP) is 2.87. The lowest BCUT2D eigenvalue weighted by atomic mass is 9.99. The van der Waals surface area contributed by atoms with E-state index in [0.29, 0.717) is 5.92 Å². The maximum atomic E-state index is 5.59. The normalized spacial score (nSPS) is 17.1. The third kappa shape index (κ3) is 4.14. The number of rotatable bonds is 7. The molecule has 0 amide bonds. The van der Waals surface area contributed by atoms with Crippen molar-refractivity contribution in [2.75, 3.05) is 19.8 Å². The van der Waals surface area contributed by atoms with Crippen LogP contribution in [-0.4, -0.2) is 25.8 Å². The fraction of sp³-hybridized carbons (Fsp3) is 0.600. The van der Waals surface area contributed by atoms with Crippen molar-refractivity contribution in [3.8, 4) is 0 Å². The molecule has 0 aromatic heterocycles. The Bertz CT molecular complexity index is 329. The summed E-state index contributed by atoms with van der Waals surface area (Å²) in [5.41, 5.74) is 2.70. The summed E-state index contributed by atoms with van der Waals surface area (Å²) in [5, 5.41) is 3.60. The van der Waals surface area contributed by atoms with E-state index in [1.165, 1.54) is 24.0 Å². The van der Waals surface area contributed by atoms with Crippen molar-refractivity contribution in [2.24, 2.45) is 0 Å². The molecule has 1 saturated carbocycles. The van der Waals surface area contributed by atoms with Crippen LogP contribution < -0.4 is 5.32 Å². The first-order valence-corrected chi connectivity index (χ1v) is 6.67. The highest BCUT2D eigenvalue weighted by Gasteiger charge is 2.22. The number of benzene rings is 1. The average molecular weight is 233 g/mol. The minimum absolute atomic E-state index is 0.483. The van der Waals surface area contributed by atoms with E-state index in [1.807, 2.05) is 0 Å². The largest absolute Gasteiger partial charge is 0.381 e. The van der Waals surface area contributed by atoms with Gasteiger partial charge in [0, 0.05) is 25.1 Å². The van der Waals surface area contributed by atoms with E-state index in [9.17, 15) is 0 Å². The molecule has 0 heterocycles. The summed E-state index contributed by atoms with van der Waals surface area (Å²) in [6.07, 6.45) is 2.69. The highest BCUT2D eigenvalue weighted by Crippen LogP contribution is 2.22. The van der Waals surface area contributed by atoms with Gasteiger partial charge in [-0.05, 0) is 32.3 Å². The molecule has 0 saturated heterocycles. The second-order valence-corrected chi connectivity index (χ2v) is 4.95. The van der Waals surface area contributed by atoms with Crippen LogP contribution in [0, 0.1) is 6.92 Å². The standard InChI is InChI=1S/C15H23NO/c1-3-17-11-14(10-16-15-8-9-15)13-6-4-12(2)5-7-13/h4-7,14-16H,3,8-11H2,1-2H3. The molecule has 0 bridgehead atoms. The highest BCUT2D eigenvalue weighted by molar-refractivity contribution is 5.25. The van der Waals surface area contributed by atoms with Crippen molar-refractivity contribution < 1.29 is 4.74 Å². The van der Waals surface area contributed by atoms with Crippen LogP contribution in [0.5, 0.6) is 0 Å². The van der Waals surface area contributed by atoms with E-state index in [0.717, 1.165) is 25.8 Å². The van der Waals surface area contributed by atoms with E-state index >= 15 is 0 Å². The quantitative estimate of drug-likeness (QED) is 0.782. The van der Waals surface area contributed by atoms with Crippen LogP contribution in [0.25, 0.3) is 0 Å². The Labute approximate surface area is 104 Å². The Morgan fingerprint density at radius 2 is 2.00 bits per heavy atom. The van der Waals surface area contributed by atoms with E-state index in [1.54, 1.807) is 0 Å². The van der Waals surface area contributed by atoms with Gasteiger partial charge in [0.15, 0.2) is 0 Å². The molecule has 0 spiro atoms. The molecule has 2 rings (SSSR count). The fourth-order valence-corrected chi connectivity index (χ4v) is 1.97. The molecule has 1 aromatic rings. The van der Waals surface area contributed by atoms with Gasteiger partial charge in [0.1, 0.15) is 0 Å². The highest BCUT2D eigenvalue weighted by atomic mass is 16.5. The number of ether oxygens (including phenoxy) is 1. The summed E-state index contributed by atoms with van der Waals surface area (Å²) in [4.78, 5) is 0. The molecule has 0 radical (unpaired) electrons. The maximum absolute atomic E-state index is 5.59. The summed E-state index contributed by atoms with van der Waals surface area (Å²) in [7, 11) is 0. The molecule has 1 unspecified atom stereocenters. The van der Waals surface area contributed by atoms with Gasteiger partial charge in [0.25, 0.3) is 0 Å². The first-order chi connectivity index (χ1) is 8.29.